The van der Waals surface area contributed by atoms with Crippen LogP contribution in [0.2, 0.25) is 15.1 Å². The van der Waals surface area contributed by atoms with Crippen molar-refractivity contribution < 1.29 is 23.5 Å². The maximum Gasteiger partial charge on any atom is 0.326 e. The minimum absolute atomic E-state index is 0.107. The molecule has 0 unspecified atom stereocenters. The van der Waals surface area contributed by atoms with Crippen molar-refractivity contribution in [2.75, 3.05) is 12.4 Å². The summed E-state index contributed by atoms with van der Waals surface area (Å²) in [6, 6.07) is 16.2. The second kappa shape index (κ2) is 10.4. The molecule has 0 aliphatic carbocycles. The zero-order valence-corrected chi connectivity index (χ0v) is 20.3. The van der Waals surface area contributed by atoms with E-state index in [0.29, 0.717) is 43.8 Å². The summed E-state index contributed by atoms with van der Waals surface area (Å²) in [6.07, 6.45) is 0. The molecule has 4 aromatic rings. The van der Waals surface area contributed by atoms with Gasteiger partial charge in [-0.1, -0.05) is 53.0 Å². The molecule has 0 aliphatic heterocycles. The van der Waals surface area contributed by atoms with E-state index in [2.05, 4.69) is 5.32 Å². The molecule has 0 radical (unpaired) electrons. The highest BCUT2D eigenvalue weighted by molar-refractivity contribution is 6.39. The summed E-state index contributed by atoms with van der Waals surface area (Å²) < 4.78 is 25.3. The Hall–Kier alpha value is -3.52. The van der Waals surface area contributed by atoms with Crippen LogP contribution in [0.4, 0.5) is 14.9 Å². The number of ether oxygens (including phenoxy) is 2. The summed E-state index contributed by atoms with van der Waals surface area (Å²) in [5.41, 5.74) is -0.0542. The monoisotopic (exact) mass is 532 g/mol. The Morgan fingerprint density at radius 3 is 2.26 bits per heavy atom. The van der Waals surface area contributed by atoms with Crippen LogP contribution in [0.25, 0.3) is 10.8 Å². The highest BCUT2D eigenvalue weighted by Crippen LogP contribution is 2.44. The molecule has 0 aliphatic rings. The van der Waals surface area contributed by atoms with E-state index in [4.69, 9.17) is 44.3 Å². The fraction of sp³-hybridized carbons (Fsp3) is 0.0400. The molecule has 0 aromatic heterocycles. The van der Waals surface area contributed by atoms with E-state index in [-0.39, 0.29) is 5.02 Å². The molecule has 10 heteroatoms. The highest BCUT2D eigenvalue weighted by atomic mass is 35.5. The Morgan fingerprint density at radius 1 is 0.886 bits per heavy atom. The first-order valence-corrected chi connectivity index (χ1v) is 11.2. The molecular weight excluding hydrogens is 518 g/mol. The van der Waals surface area contributed by atoms with Crippen LogP contribution in [-0.2, 0) is 0 Å². The van der Waals surface area contributed by atoms with Crippen LogP contribution in [0, 0.1) is 5.82 Å². The first kappa shape index (κ1) is 24.6. The lowest BCUT2D eigenvalue weighted by molar-refractivity contribution is 0.0963. The number of hydrogen-bond acceptors (Lipinski definition) is 4. The van der Waals surface area contributed by atoms with E-state index in [1.807, 2.05) is 11.4 Å². The number of fused-ring (bicyclic) bond motifs is 1. The fourth-order valence-electron chi connectivity index (χ4n) is 3.40. The van der Waals surface area contributed by atoms with Crippen molar-refractivity contribution in [3.05, 3.63) is 93.2 Å². The van der Waals surface area contributed by atoms with Gasteiger partial charge in [0.1, 0.15) is 23.1 Å². The molecule has 0 saturated carbocycles. The standard InChI is InChI=1S/C25H16Cl3FN2O4/c1-34-23-18(28)12-20(15-4-2-5-16(26)21(15)23)35-14-10-8-13(9-11-14)30-25(33)31-24(32)22-17(27)6-3-7-19(22)29/h2-12H,1H3,(H2,30,31,32,33). The Morgan fingerprint density at radius 2 is 1.57 bits per heavy atom. The number of benzene rings is 4. The number of methoxy groups -OCH3 is 1. The van der Waals surface area contributed by atoms with Crippen LogP contribution >= 0.6 is 34.8 Å². The van der Waals surface area contributed by atoms with E-state index >= 15 is 0 Å². The van der Waals surface area contributed by atoms with Crippen LogP contribution in [0.1, 0.15) is 10.4 Å². The summed E-state index contributed by atoms with van der Waals surface area (Å²) in [5, 5.41) is 6.53. The molecule has 0 heterocycles. The number of hydrogen-bond donors (Lipinski definition) is 2. The number of imide groups is 1. The van der Waals surface area contributed by atoms with Gasteiger partial charge < -0.3 is 14.8 Å². The molecule has 0 atom stereocenters. The van der Waals surface area contributed by atoms with Gasteiger partial charge in [0.05, 0.1) is 27.7 Å². The van der Waals surface area contributed by atoms with Gasteiger partial charge in [-0.15, -0.1) is 0 Å². The van der Waals surface area contributed by atoms with Crippen LogP contribution in [-0.4, -0.2) is 19.0 Å². The number of nitrogens with one attached hydrogen (secondary N) is 2. The van der Waals surface area contributed by atoms with E-state index in [0.717, 1.165) is 6.07 Å². The average Bonchev–Trinajstić information content (AvgIpc) is 2.81. The van der Waals surface area contributed by atoms with Crippen molar-refractivity contribution in [1.29, 1.82) is 0 Å². The molecule has 35 heavy (non-hydrogen) atoms. The minimum atomic E-state index is -0.965. The third kappa shape index (κ3) is 5.27. The van der Waals surface area contributed by atoms with Crippen LogP contribution < -0.4 is 20.1 Å². The average molecular weight is 534 g/mol. The summed E-state index contributed by atoms with van der Waals surface area (Å²) >= 11 is 18.6. The lowest BCUT2D eigenvalue weighted by Gasteiger charge is -2.15. The minimum Gasteiger partial charge on any atom is -0.494 e. The summed E-state index contributed by atoms with van der Waals surface area (Å²) in [7, 11) is 1.50. The van der Waals surface area contributed by atoms with Crippen molar-refractivity contribution in [2.45, 2.75) is 0 Å². The second-order valence-corrected chi connectivity index (χ2v) is 8.41. The number of urea groups is 1. The molecule has 2 N–H and O–H groups in total. The van der Waals surface area contributed by atoms with E-state index in [1.165, 1.54) is 19.2 Å². The van der Waals surface area contributed by atoms with Gasteiger partial charge in [-0.25, -0.2) is 9.18 Å². The van der Waals surface area contributed by atoms with E-state index < -0.39 is 23.3 Å². The van der Waals surface area contributed by atoms with Gasteiger partial charge in [-0.3, -0.25) is 10.1 Å². The molecule has 6 nitrogen and oxygen atoms in total. The number of anilines is 1. The van der Waals surface area contributed by atoms with Gasteiger partial charge in [0.15, 0.2) is 0 Å². The number of rotatable bonds is 5. The maximum atomic E-state index is 13.9. The fourth-order valence-corrected chi connectivity index (χ4v) is 4.18. The number of halogens is 4. The van der Waals surface area contributed by atoms with Gasteiger partial charge in [0.2, 0.25) is 0 Å². The van der Waals surface area contributed by atoms with Crippen molar-refractivity contribution in [1.82, 2.24) is 5.32 Å². The molecular formula is C25H16Cl3FN2O4. The highest BCUT2D eigenvalue weighted by Gasteiger charge is 2.19. The molecule has 0 saturated heterocycles. The van der Waals surface area contributed by atoms with Crippen molar-refractivity contribution in [3.63, 3.8) is 0 Å². The summed E-state index contributed by atoms with van der Waals surface area (Å²) in [5.74, 6) is -0.451. The topological polar surface area (TPSA) is 76.7 Å². The normalized spacial score (nSPS) is 10.7. The molecule has 0 spiro atoms. The van der Waals surface area contributed by atoms with Gasteiger partial charge >= 0.3 is 6.03 Å². The van der Waals surface area contributed by atoms with Gasteiger partial charge in [-0.05, 0) is 42.5 Å². The Labute approximate surface area is 214 Å². The van der Waals surface area contributed by atoms with Gasteiger partial charge in [-0.2, -0.15) is 0 Å². The number of carbonyl (C=O) groups excluding carboxylic acids is 2. The Bertz CT molecular complexity index is 1430. The van der Waals surface area contributed by atoms with E-state index in [9.17, 15) is 14.0 Å². The van der Waals surface area contributed by atoms with Crippen LogP contribution in [0.15, 0.2) is 66.7 Å². The summed E-state index contributed by atoms with van der Waals surface area (Å²) in [4.78, 5) is 24.4. The lowest BCUT2D eigenvalue weighted by atomic mass is 10.1. The lowest BCUT2D eigenvalue weighted by Crippen LogP contribution is -2.35. The predicted octanol–water partition coefficient (Wildman–Crippen LogP) is 7.70. The Kier molecular flexibility index (Phi) is 7.31. The maximum absolute atomic E-state index is 13.9. The van der Waals surface area contributed by atoms with Gasteiger partial charge in [0.25, 0.3) is 5.91 Å². The van der Waals surface area contributed by atoms with Crippen LogP contribution in [0.3, 0.4) is 0 Å². The summed E-state index contributed by atoms with van der Waals surface area (Å²) in [6.45, 7) is 0. The first-order valence-electron chi connectivity index (χ1n) is 10.1. The van der Waals surface area contributed by atoms with Crippen LogP contribution in [0.5, 0.6) is 17.2 Å². The second-order valence-electron chi connectivity index (χ2n) is 7.18. The molecule has 0 bridgehead atoms. The molecule has 3 amide bonds. The quantitative estimate of drug-likeness (QED) is 0.275. The number of carbonyl (C=O) groups is 2. The first-order chi connectivity index (χ1) is 16.8. The van der Waals surface area contributed by atoms with Crippen molar-refractivity contribution in [2.24, 2.45) is 0 Å². The zero-order valence-electron chi connectivity index (χ0n) is 18.0. The van der Waals surface area contributed by atoms with Gasteiger partial charge in [0, 0.05) is 22.5 Å². The SMILES string of the molecule is COc1c(Cl)cc(Oc2ccc(NC(=O)NC(=O)c3c(F)cccc3Cl)cc2)c2cccc(Cl)c12. The molecule has 178 valence electrons. The number of amides is 3. The van der Waals surface area contributed by atoms with Crippen molar-refractivity contribution in [3.8, 4) is 17.2 Å². The molecule has 4 aromatic carbocycles. The molecule has 0 fully saturated rings. The Balaban J connectivity index is 1.48. The predicted molar refractivity (Wildman–Crippen MR) is 135 cm³/mol. The largest absolute Gasteiger partial charge is 0.494 e. The third-order valence-corrected chi connectivity index (χ3v) is 5.85. The third-order valence-electron chi connectivity index (χ3n) is 4.94. The zero-order chi connectivity index (χ0) is 25.1. The van der Waals surface area contributed by atoms with Crippen molar-refractivity contribution >= 4 is 63.2 Å². The van der Waals surface area contributed by atoms with E-state index in [1.54, 1.807) is 42.5 Å². The molecule has 4 rings (SSSR count). The smallest absolute Gasteiger partial charge is 0.326 e.